The maximum absolute atomic E-state index is 12.3. The van der Waals surface area contributed by atoms with Gasteiger partial charge in [0.2, 0.25) is 5.91 Å². The Kier molecular flexibility index (Phi) is 6.08. The minimum absolute atomic E-state index is 0.123. The van der Waals surface area contributed by atoms with Gasteiger partial charge < -0.3 is 9.84 Å². The molecule has 10 heteroatoms. The van der Waals surface area contributed by atoms with Crippen molar-refractivity contribution in [1.82, 2.24) is 19.9 Å². The van der Waals surface area contributed by atoms with Gasteiger partial charge in [-0.1, -0.05) is 40.1 Å². The van der Waals surface area contributed by atoms with Crippen molar-refractivity contribution in [3.05, 3.63) is 70.4 Å². The smallest absolute Gasteiger partial charge is 0.236 e. The Labute approximate surface area is 186 Å². The van der Waals surface area contributed by atoms with E-state index in [1.807, 2.05) is 28.8 Å². The van der Waals surface area contributed by atoms with Crippen molar-refractivity contribution in [2.45, 2.75) is 12.1 Å². The first-order valence-corrected chi connectivity index (χ1v) is 10.6. The molecule has 0 unspecified atom stereocenters. The molecule has 152 valence electrons. The van der Waals surface area contributed by atoms with Gasteiger partial charge in [-0.05, 0) is 55.5 Å². The largest absolute Gasteiger partial charge is 0.360 e. The summed E-state index contributed by atoms with van der Waals surface area (Å²) in [5, 5.41) is 16.9. The SMILES string of the molecule is Cc1cc(NC(=O)CSc2nnc(-c3ccc(Cl)cc3)n2-c2ccc(Cl)cc2)no1. The van der Waals surface area contributed by atoms with Crippen LogP contribution in [0.15, 0.2) is 64.3 Å². The van der Waals surface area contributed by atoms with Crippen molar-refractivity contribution >= 4 is 46.7 Å². The summed E-state index contributed by atoms with van der Waals surface area (Å²) in [6, 6.07) is 16.3. The summed E-state index contributed by atoms with van der Waals surface area (Å²) in [5.41, 5.74) is 1.67. The Balaban J connectivity index is 1.61. The number of carbonyl (C=O) groups excluding carboxylic acids is 1. The Bertz CT molecular complexity index is 1170. The highest BCUT2D eigenvalue weighted by atomic mass is 35.5. The number of aromatic nitrogens is 4. The zero-order valence-electron chi connectivity index (χ0n) is 15.7. The van der Waals surface area contributed by atoms with Crippen molar-refractivity contribution in [3.8, 4) is 17.1 Å². The summed E-state index contributed by atoms with van der Waals surface area (Å²) in [6.07, 6.45) is 0. The molecule has 30 heavy (non-hydrogen) atoms. The lowest BCUT2D eigenvalue weighted by Gasteiger charge is -2.10. The Morgan fingerprint density at radius 2 is 1.73 bits per heavy atom. The van der Waals surface area contributed by atoms with E-state index in [0.717, 1.165) is 11.3 Å². The maximum atomic E-state index is 12.3. The lowest BCUT2D eigenvalue weighted by atomic mass is 10.2. The Hall–Kier alpha value is -2.81. The highest BCUT2D eigenvalue weighted by Gasteiger charge is 2.18. The molecule has 2 aromatic carbocycles. The first-order valence-electron chi connectivity index (χ1n) is 8.83. The Morgan fingerprint density at radius 1 is 1.07 bits per heavy atom. The van der Waals surface area contributed by atoms with Crippen LogP contribution in [0.2, 0.25) is 10.0 Å². The number of aryl methyl sites for hydroxylation is 1. The topological polar surface area (TPSA) is 85.8 Å². The van der Waals surface area contributed by atoms with Crippen molar-refractivity contribution in [2.75, 3.05) is 11.1 Å². The number of hydrogen-bond donors (Lipinski definition) is 1. The molecular weight excluding hydrogens is 445 g/mol. The van der Waals surface area contributed by atoms with Crippen LogP contribution in [0.25, 0.3) is 17.1 Å². The molecule has 7 nitrogen and oxygen atoms in total. The third kappa shape index (κ3) is 4.67. The number of carbonyl (C=O) groups is 1. The van der Waals surface area contributed by atoms with Gasteiger partial charge in [-0.25, -0.2) is 0 Å². The van der Waals surface area contributed by atoms with E-state index in [9.17, 15) is 4.79 Å². The van der Waals surface area contributed by atoms with Gasteiger partial charge in [-0.2, -0.15) is 0 Å². The van der Waals surface area contributed by atoms with Gasteiger partial charge >= 0.3 is 0 Å². The van der Waals surface area contributed by atoms with Gasteiger partial charge in [0.25, 0.3) is 0 Å². The van der Waals surface area contributed by atoms with Crippen molar-refractivity contribution in [3.63, 3.8) is 0 Å². The molecule has 1 N–H and O–H groups in total. The number of nitrogens with one attached hydrogen (secondary N) is 1. The van der Waals surface area contributed by atoms with Gasteiger partial charge in [-0.15, -0.1) is 10.2 Å². The standard InChI is InChI=1S/C20H15Cl2N5O2S/c1-12-10-17(26-29-12)23-18(28)11-30-20-25-24-19(13-2-4-14(21)5-3-13)27(20)16-8-6-15(22)7-9-16/h2-10H,11H2,1H3,(H,23,26,28). The lowest BCUT2D eigenvalue weighted by Crippen LogP contribution is -2.14. The van der Waals surface area contributed by atoms with Crippen molar-refractivity contribution < 1.29 is 9.32 Å². The van der Waals surface area contributed by atoms with E-state index in [1.165, 1.54) is 11.8 Å². The van der Waals surface area contributed by atoms with E-state index in [2.05, 4.69) is 20.7 Å². The van der Waals surface area contributed by atoms with Gasteiger partial charge in [-0.3, -0.25) is 9.36 Å². The number of amides is 1. The molecule has 0 spiro atoms. The second-order valence-electron chi connectivity index (χ2n) is 6.28. The highest BCUT2D eigenvalue weighted by Crippen LogP contribution is 2.29. The number of benzene rings is 2. The molecule has 4 rings (SSSR count). The normalized spacial score (nSPS) is 10.9. The molecule has 0 atom stereocenters. The number of anilines is 1. The Morgan fingerprint density at radius 3 is 2.37 bits per heavy atom. The molecule has 2 heterocycles. The van der Waals surface area contributed by atoms with Crippen molar-refractivity contribution in [2.24, 2.45) is 0 Å². The van der Waals surface area contributed by atoms with E-state index in [1.54, 1.807) is 37.3 Å². The summed E-state index contributed by atoms with van der Waals surface area (Å²) in [7, 11) is 0. The summed E-state index contributed by atoms with van der Waals surface area (Å²) in [5.74, 6) is 1.52. The first kappa shape index (κ1) is 20.5. The molecule has 0 fully saturated rings. The summed E-state index contributed by atoms with van der Waals surface area (Å²) in [6.45, 7) is 1.75. The molecule has 0 bridgehead atoms. The summed E-state index contributed by atoms with van der Waals surface area (Å²) < 4.78 is 6.83. The number of thioether (sulfide) groups is 1. The molecular formula is C20H15Cl2N5O2S. The van der Waals surface area contributed by atoms with Crippen LogP contribution in [0.4, 0.5) is 5.82 Å². The number of hydrogen-bond acceptors (Lipinski definition) is 6. The van der Waals surface area contributed by atoms with Crippen LogP contribution in [-0.2, 0) is 4.79 Å². The fraction of sp³-hybridized carbons (Fsp3) is 0.100. The van der Waals surface area contributed by atoms with E-state index >= 15 is 0 Å². The predicted molar refractivity (Wildman–Crippen MR) is 117 cm³/mol. The van der Waals surface area contributed by atoms with Crippen LogP contribution in [0.3, 0.4) is 0 Å². The zero-order valence-corrected chi connectivity index (χ0v) is 18.0. The average Bonchev–Trinajstić information content (AvgIpc) is 3.34. The molecule has 2 aromatic heterocycles. The molecule has 4 aromatic rings. The molecule has 0 radical (unpaired) electrons. The van der Waals surface area contributed by atoms with E-state index in [-0.39, 0.29) is 11.7 Å². The monoisotopic (exact) mass is 459 g/mol. The fourth-order valence-corrected chi connectivity index (χ4v) is 3.71. The molecule has 1 amide bonds. The third-order valence-electron chi connectivity index (χ3n) is 4.05. The molecule has 0 saturated carbocycles. The number of nitrogens with zero attached hydrogens (tertiary/aromatic N) is 4. The van der Waals surface area contributed by atoms with E-state index in [4.69, 9.17) is 27.7 Å². The van der Waals surface area contributed by atoms with E-state index < -0.39 is 0 Å². The maximum Gasteiger partial charge on any atom is 0.236 e. The summed E-state index contributed by atoms with van der Waals surface area (Å²) in [4.78, 5) is 12.3. The first-order chi connectivity index (χ1) is 14.5. The van der Waals surface area contributed by atoms with E-state index in [0.29, 0.717) is 32.6 Å². The second-order valence-corrected chi connectivity index (χ2v) is 8.10. The summed E-state index contributed by atoms with van der Waals surface area (Å²) >= 11 is 13.3. The van der Waals surface area contributed by atoms with Crippen LogP contribution >= 0.6 is 35.0 Å². The van der Waals surface area contributed by atoms with Gasteiger partial charge in [0.1, 0.15) is 5.76 Å². The minimum atomic E-state index is -0.230. The van der Waals surface area contributed by atoms with Crippen LogP contribution in [0.5, 0.6) is 0 Å². The predicted octanol–water partition coefficient (Wildman–Crippen LogP) is 5.27. The molecule has 0 saturated heterocycles. The fourth-order valence-electron chi connectivity index (χ4n) is 2.71. The zero-order chi connectivity index (χ0) is 21.1. The number of halogens is 2. The van der Waals surface area contributed by atoms with Crippen LogP contribution in [0, 0.1) is 6.92 Å². The quantitative estimate of drug-likeness (QED) is 0.395. The minimum Gasteiger partial charge on any atom is -0.360 e. The second kappa shape index (κ2) is 8.91. The lowest BCUT2D eigenvalue weighted by molar-refractivity contribution is -0.113. The van der Waals surface area contributed by atoms with Crippen molar-refractivity contribution in [1.29, 1.82) is 0 Å². The van der Waals surface area contributed by atoms with Crippen LogP contribution < -0.4 is 5.32 Å². The van der Waals surface area contributed by atoms with Gasteiger partial charge in [0.05, 0.1) is 5.75 Å². The highest BCUT2D eigenvalue weighted by molar-refractivity contribution is 7.99. The average molecular weight is 460 g/mol. The van der Waals surface area contributed by atoms with Gasteiger partial charge in [0.15, 0.2) is 16.8 Å². The van der Waals surface area contributed by atoms with Gasteiger partial charge in [0, 0.05) is 27.4 Å². The van der Waals surface area contributed by atoms with Crippen LogP contribution in [-0.4, -0.2) is 31.6 Å². The molecule has 0 aliphatic carbocycles. The van der Waals surface area contributed by atoms with Crippen LogP contribution in [0.1, 0.15) is 5.76 Å². The number of rotatable bonds is 6. The third-order valence-corrected chi connectivity index (χ3v) is 5.48. The molecule has 0 aliphatic rings. The molecule has 0 aliphatic heterocycles.